The van der Waals surface area contributed by atoms with Crippen molar-refractivity contribution in [1.82, 2.24) is 4.31 Å². The maximum Gasteiger partial charge on any atom is 0.248 e. The Hall–Kier alpha value is -2.58. The number of furan rings is 1. The van der Waals surface area contributed by atoms with Gasteiger partial charge in [0.2, 0.25) is 15.9 Å². The number of rotatable bonds is 6. The zero-order chi connectivity index (χ0) is 17.7. The van der Waals surface area contributed by atoms with Crippen molar-refractivity contribution in [2.45, 2.75) is 4.90 Å². The van der Waals surface area contributed by atoms with E-state index in [1.165, 1.54) is 57.8 Å². The van der Waals surface area contributed by atoms with Crippen LogP contribution < -0.4 is 10.1 Å². The molecule has 0 unspecified atom stereocenters. The van der Waals surface area contributed by atoms with Crippen LogP contribution in [0.4, 0.5) is 5.69 Å². The number of methoxy groups -OCH3 is 1. The Labute approximate surface area is 140 Å². The molecule has 2 aromatic rings. The van der Waals surface area contributed by atoms with E-state index in [0.717, 1.165) is 4.31 Å². The fourth-order valence-electron chi connectivity index (χ4n) is 1.87. The number of hydrogen-bond donors (Lipinski definition) is 1. The van der Waals surface area contributed by atoms with E-state index in [0.29, 0.717) is 11.5 Å². The van der Waals surface area contributed by atoms with Gasteiger partial charge in [-0.15, -0.1) is 0 Å². The normalized spacial score (nSPS) is 11.8. The summed E-state index contributed by atoms with van der Waals surface area (Å²) in [4.78, 5) is 12.1. The SMILES string of the molecule is COc1ccc(S(=O)(=O)N(C)C)cc1NC(=O)/C=C/c1ccco1. The molecule has 0 spiro atoms. The molecular formula is C16H18N2O5S. The van der Waals surface area contributed by atoms with E-state index >= 15 is 0 Å². The van der Waals surface area contributed by atoms with Crippen molar-refractivity contribution in [3.8, 4) is 5.75 Å². The van der Waals surface area contributed by atoms with E-state index in [1.54, 1.807) is 12.1 Å². The maximum atomic E-state index is 12.2. The number of carbonyl (C=O) groups is 1. The molecule has 2 rings (SSSR count). The van der Waals surface area contributed by atoms with Gasteiger partial charge in [-0.05, 0) is 36.4 Å². The molecule has 1 N–H and O–H groups in total. The van der Waals surface area contributed by atoms with Crippen LogP contribution in [-0.2, 0) is 14.8 Å². The summed E-state index contributed by atoms with van der Waals surface area (Å²) in [6.45, 7) is 0. The summed E-state index contributed by atoms with van der Waals surface area (Å²) in [5.74, 6) is 0.442. The molecule has 0 saturated heterocycles. The van der Waals surface area contributed by atoms with Gasteiger partial charge in [-0.2, -0.15) is 0 Å². The smallest absolute Gasteiger partial charge is 0.248 e. The van der Waals surface area contributed by atoms with Crippen molar-refractivity contribution in [2.75, 3.05) is 26.5 Å². The molecule has 1 aromatic heterocycles. The fourth-order valence-corrected chi connectivity index (χ4v) is 2.80. The second-order valence-electron chi connectivity index (χ2n) is 4.99. The Morgan fingerprint density at radius 1 is 1.29 bits per heavy atom. The van der Waals surface area contributed by atoms with Gasteiger partial charge in [0.05, 0.1) is 24.0 Å². The van der Waals surface area contributed by atoms with E-state index in [9.17, 15) is 13.2 Å². The number of nitrogens with zero attached hydrogens (tertiary/aromatic N) is 1. The Morgan fingerprint density at radius 3 is 2.62 bits per heavy atom. The molecular weight excluding hydrogens is 332 g/mol. The van der Waals surface area contributed by atoms with Crippen LogP contribution >= 0.6 is 0 Å². The molecule has 1 amide bonds. The molecule has 8 heteroatoms. The Balaban J connectivity index is 2.26. The minimum atomic E-state index is -3.61. The topological polar surface area (TPSA) is 88.9 Å². The summed E-state index contributed by atoms with van der Waals surface area (Å²) in [6.07, 6.45) is 4.28. The van der Waals surface area contributed by atoms with E-state index in [2.05, 4.69) is 5.32 Å². The second kappa shape index (κ2) is 7.33. The minimum Gasteiger partial charge on any atom is -0.495 e. The molecule has 7 nitrogen and oxygen atoms in total. The first-order valence-electron chi connectivity index (χ1n) is 6.97. The van der Waals surface area contributed by atoms with Crippen molar-refractivity contribution in [3.63, 3.8) is 0 Å². The number of sulfonamides is 1. The lowest BCUT2D eigenvalue weighted by atomic mass is 10.3. The average molecular weight is 350 g/mol. The van der Waals surface area contributed by atoms with Gasteiger partial charge < -0.3 is 14.5 Å². The van der Waals surface area contributed by atoms with E-state index in [-0.39, 0.29) is 10.6 Å². The highest BCUT2D eigenvalue weighted by molar-refractivity contribution is 7.89. The van der Waals surface area contributed by atoms with Crippen molar-refractivity contribution in [3.05, 3.63) is 48.4 Å². The van der Waals surface area contributed by atoms with E-state index < -0.39 is 15.9 Å². The molecule has 24 heavy (non-hydrogen) atoms. The highest BCUT2D eigenvalue weighted by atomic mass is 32.2. The number of ether oxygens (including phenoxy) is 1. The van der Waals surface area contributed by atoms with Gasteiger partial charge in [-0.3, -0.25) is 4.79 Å². The highest BCUT2D eigenvalue weighted by Gasteiger charge is 2.19. The summed E-state index contributed by atoms with van der Waals surface area (Å²) in [5, 5.41) is 2.60. The molecule has 0 aliphatic heterocycles. The fraction of sp³-hybridized carbons (Fsp3) is 0.188. The molecule has 0 radical (unpaired) electrons. The number of amides is 1. The van der Waals surface area contributed by atoms with Crippen LogP contribution in [0, 0.1) is 0 Å². The number of hydrogen-bond acceptors (Lipinski definition) is 5. The van der Waals surface area contributed by atoms with Gasteiger partial charge in [-0.1, -0.05) is 0 Å². The van der Waals surface area contributed by atoms with Crippen LogP contribution in [0.15, 0.2) is 52.0 Å². The first-order valence-corrected chi connectivity index (χ1v) is 8.41. The highest BCUT2D eigenvalue weighted by Crippen LogP contribution is 2.28. The van der Waals surface area contributed by atoms with Gasteiger partial charge in [0.25, 0.3) is 0 Å². The summed E-state index contributed by atoms with van der Waals surface area (Å²) in [5.41, 5.74) is 0.259. The monoisotopic (exact) mass is 350 g/mol. The van der Waals surface area contributed by atoms with Crippen LogP contribution in [0.25, 0.3) is 6.08 Å². The van der Waals surface area contributed by atoms with Gasteiger partial charge >= 0.3 is 0 Å². The maximum absolute atomic E-state index is 12.2. The number of nitrogens with one attached hydrogen (secondary N) is 1. The zero-order valence-corrected chi connectivity index (χ0v) is 14.3. The van der Waals surface area contributed by atoms with Gasteiger partial charge in [0.1, 0.15) is 11.5 Å². The van der Waals surface area contributed by atoms with Crippen LogP contribution in [0.5, 0.6) is 5.75 Å². The summed E-state index contributed by atoms with van der Waals surface area (Å²) in [7, 11) is 0.689. The lowest BCUT2D eigenvalue weighted by Gasteiger charge is -2.14. The number of anilines is 1. The lowest BCUT2D eigenvalue weighted by Crippen LogP contribution is -2.22. The Morgan fingerprint density at radius 2 is 2.04 bits per heavy atom. The molecule has 0 atom stereocenters. The van der Waals surface area contributed by atoms with E-state index in [4.69, 9.17) is 9.15 Å². The van der Waals surface area contributed by atoms with Crippen molar-refractivity contribution < 1.29 is 22.4 Å². The third-order valence-electron chi connectivity index (χ3n) is 3.15. The van der Waals surface area contributed by atoms with Crippen LogP contribution in [-0.4, -0.2) is 39.8 Å². The first kappa shape index (κ1) is 17.8. The van der Waals surface area contributed by atoms with Crippen molar-refractivity contribution >= 4 is 27.7 Å². The van der Waals surface area contributed by atoms with Crippen molar-refractivity contribution in [2.24, 2.45) is 0 Å². The summed E-state index contributed by atoms with van der Waals surface area (Å²) >= 11 is 0. The first-order chi connectivity index (χ1) is 11.3. The third-order valence-corrected chi connectivity index (χ3v) is 4.96. The standard InChI is InChI=1S/C16H18N2O5S/c1-18(2)24(20,21)13-7-8-15(22-3)14(11-13)17-16(19)9-6-12-5-4-10-23-12/h4-11H,1-3H3,(H,17,19)/b9-6+. The quantitative estimate of drug-likeness (QED) is 0.807. The molecule has 128 valence electrons. The van der Waals surface area contributed by atoms with E-state index in [1.807, 2.05) is 0 Å². The largest absolute Gasteiger partial charge is 0.495 e. The zero-order valence-electron chi connectivity index (χ0n) is 13.5. The summed E-state index contributed by atoms with van der Waals surface area (Å²) in [6, 6.07) is 7.67. The minimum absolute atomic E-state index is 0.0543. The molecule has 0 bridgehead atoms. The average Bonchev–Trinajstić information content (AvgIpc) is 3.06. The number of carbonyl (C=O) groups excluding carboxylic acids is 1. The Bertz CT molecular complexity index is 839. The predicted molar refractivity (Wildman–Crippen MR) is 90.2 cm³/mol. The molecule has 0 aliphatic carbocycles. The summed E-state index contributed by atoms with van der Waals surface area (Å²) < 4.78 is 35.7. The van der Waals surface area contributed by atoms with Crippen LogP contribution in [0.1, 0.15) is 5.76 Å². The number of benzene rings is 1. The van der Waals surface area contributed by atoms with Gasteiger partial charge in [0, 0.05) is 20.2 Å². The predicted octanol–water partition coefficient (Wildman–Crippen LogP) is 2.19. The Kier molecular flexibility index (Phi) is 5.42. The second-order valence-corrected chi connectivity index (χ2v) is 7.14. The van der Waals surface area contributed by atoms with Crippen molar-refractivity contribution in [1.29, 1.82) is 0 Å². The van der Waals surface area contributed by atoms with Crippen LogP contribution in [0.3, 0.4) is 0 Å². The molecule has 1 aromatic carbocycles. The molecule has 0 saturated carbocycles. The van der Waals surface area contributed by atoms with Gasteiger partial charge in [0.15, 0.2) is 0 Å². The molecule has 0 aliphatic rings. The molecule has 0 fully saturated rings. The van der Waals surface area contributed by atoms with Gasteiger partial charge in [-0.25, -0.2) is 12.7 Å². The van der Waals surface area contributed by atoms with Crippen LogP contribution in [0.2, 0.25) is 0 Å². The third kappa shape index (κ3) is 4.03. The molecule has 1 heterocycles. The lowest BCUT2D eigenvalue weighted by molar-refractivity contribution is -0.111.